The molecule has 1 rings (SSSR count). The molecule has 1 aliphatic rings. The van der Waals surface area contributed by atoms with Crippen molar-refractivity contribution in [3.63, 3.8) is 0 Å². The van der Waals surface area contributed by atoms with Gasteiger partial charge in [-0.15, -0.1) is 6.58 Å². The molecule has 1 saturated carbocycles. The molecule has 0 spiro atoms. The lowest BCUT2D eigenvalue weighted by molar-refractivity contribution is 0.153. The second kappa shape index (κ2) is 8.09. The number of allylic oxidation sites excluding steroid dienone is 1. The molecule has 1 aliphatic carbocycles. The van der Waals surface area contributed by atoms with Crippen LogP contribution < -0.4 is 5.32 Å². The molecular formula is C18H35N. The van der Waals surface area contributed by atoms with Gasteiger partial charge in [0.25, 0.3) is 0 Å². The van der Waals surface area contributed by atoms with Crippen LogP contribution in [0.25, 0.3) is 0 Å². The average Bonchev–Trinajstić information content (AvgIpc) is 2.36. The largest absolute Gasteiger partial charge is 0.312 e. The SMILES string of the molecule is C=CCCCC1CC(CC)CCC1CNC(C)(C)C. The summed E-state index contributed by atoms with van der Waals surface area (Å²) in [5.74, 6) is 2.82. The molecule has 0 aliphatic heterocycles. The molecule has 0 heterocycles. The Balaban J connectivity index is 2.47. The lowest BCUT2D eigenvalue weighted by Crippen LogP contribution is -2.42. The van der Waals surface area contributed by atoms with Crippen molar-refractivity contribution >= 4 is 0 Å². The third-order valence-electron chi connectivity index (χ3n) is 4.70. The molecule has 0 radical (unpaired) electrons. The Hall–Kier alpha value is -0.300. The highest BCUT2D eigenvalue weighted by Crippen LogP contribution is 2.38. The highest BCUT2D eigenvalue weighted by atomic mass is 14.9. The minimum Gasteiger partial charge on any atom is -0.312 e. The van der Waals surface area contributed by atoms with E-state index >= 15 is 0 Å². The normalized spacial score (nSPS) is 28.3. The maximum absolute atomic E-state index is 3.85. The molecule has 1 heteroatoms. The number of hydrogen-bond acceptors (Lipinski definition) is 1. The van der Waals surface area contributed by atoms with E-state index in [4.69, 9.17) is 0 Å². The molecule has 1 N–H and O–H groups in total. The van der Waals surface area contributed by atoms with Crippen molar-refractivity contribution in [1.29, 1.82) is 0 Å². The van der Waals surface area contributed by atoms with Crippen molar-refractivity contribution < 1.29 is 0 Å². The topological polar surface area (TPSA) is 12.0 Å². The van der Waals surface area contributed by atoms with Crippen LogP contribution in [0.1, 0.15) is 72.6 Å². The van der Waals surface area contributed by atoms with Gasteiger partial charge in [-0.1, -0.05) is 25.8 Å². The number of rotatable bonds is 7. The van der Waals surface area contributed by atoms with Crippen molar-refractivity contribution in [3.05, 3.63) is 12.7 Å². The average molecular weight is 265 g/mol. The molecular weight excluding hydrogens is 230 g/mol. The van der Waals surface area contributed by atoms with Crippen molar-refractivity contribution in [2.24, 2.45) is 17.8 Å². The lowest BCUT2D eigenvalue weighted by atomic mass is 9.71. The zero-order valence-corrected chi connectivity index (χ0v) is 13.7. The molecule has 0 saturated heterocycles. The first-order valence-electron chi connectivity index (χ1n) is 8.32. The van der Waals surface area contributed by atoms with E-state index in [1.807, 2.05) is 0 Å². The Morgan fingerprint density at radius 3 is 2.53 bits per heavy atom. The van der Waals surface area contributed by atoms with Gasteiger partial charge in [-0.3, -0.25) is 0 Å². The van der Waals surface area contributed by atoms with Crippen LogP contribution in [0.2, 0.25) is 0 Å². The summed E-state index contributed by atoms with van der Waals surface area (Å²) < 4.78 is 0. The molecule has 0 aromatic rings. The summed E-state index contributed by atoms with van der Waals surface area (Å²) in [5, 5.41) is 3.72. The third kappa shape index (κ3) is 6.61. The van der Waals surface area contributed by atoms with Crippen LogP contribution in [0.5, 0.6) is 0 Å². The Kier molecular flexibility index (Phi) is 7.13. The minimum absolute atomic E-state index is 0.257. The molecule has 0 aromatic carbocycles. The predicted octanol–water partition coefficient (Wildman–Crippen LogP) is 5.17. The Bertz CT molecular complexity index is 251. The van der Waals surface area contributed by atoms with E-state index in [-0.39, 0.29) is 5.54 Å². The number of hydrogen-bond donors (Lipinski definition) is 1. The van der Waals surface area contributed by atoms with Crippen LogP contribution in [0, 0.1) is 17.8 Å². The van der Waals surface area contributed by atoms with Gasteiger partial charge in [0.1, 0.15) is 0 Å². The van der Waals surface area contributed by atoms with Gasteiger partial charge in [0, 0.05) is 5.54 Å². The van der Waals surface area contributed by atoms with Crippen molar-refractivity contribution in [1.82, 2.24) is 5.32 Å². The van der Waals surface area contributed by atoms with Crippen molar-refractivity contribution in [3.8, 4) is 0 Å². The molecule has 0 amide bonds. The summed E-state index contributed by atoms with van der Waals surface area (Å²) in [5.41, 5.74) is 0.257. The van der Waals surface area contributed by atoms with Crippen molar-refractivity contribution in [2.75, 3.05) is 6.54 Å². The lowest BCUT2D eigenvalue weighted by Gasteiger charge is -2.38. The first kappa shape index (κ1) is 16.8. The zero-order chi connectivity index (χ0) is 14.3. The second-order valence-electron chi connectivity index (χ2n) is 7.46. The predicted molar refractivity (Wildman–Crippen MR) is 86.4 cm³/mol. The summed E-state index contributed by atoms with van der Waals surface area (Å²) in [6.45, 7) is 14.2. The number of nitrogens with one attached hydrogen (secondary N) is 1. The fourth-order valence-electron chi connectivity index (χ4n) is 3.38. The maximum atomic E-state index is 3.85. The van der Waals surface area contributed by atoms with Crippen molar-refractivity contribution in [2.45, 2.75) is 78.2 Å². The highest BCUT2D eigenvalue weighted by molar-refractivity contribution is 4.84. The van der Waals surface area contributed by atoms with Gasteiger partial charge in [0.15, 0.2) is 0 Å². The van der Waals surface area contributed by atoms with Crippen LogP contribution in [0.3, 0.4) is 0 Å². The first-order valence-corrected chi connectivity index (χ1v) is 8.32. The fraction of sp³-hybridized carbons (Fsp3) is 0.889. The Labute approximate surface area is 121 Å². The summed E-state index contributed by atoms with van der Waals surface area (Å²) in [6.07, 6.45) is 11.7. The Morgan fingerprint density at radius 2 is 1.95 bits per heavy atom. The standard InChI is InChI=1S/C18H35N/c1-6-8-9-10-16-13-15(7-2)11-12-17(16)14-19-18(3,4)5/h6,15-17,19H,1,7-14H2,2-5H3. The quantitative estimate of drug-likeness (QED) is 0.494. The van der Waals surface area contributed by atoms with Gasteiger partial charge in [-0.05, 0) is 77.2 Å². The molecule has 19 heavy (non-hydrogen) atoms. The Morgan fingerprint density at radius 1 is 1.21 bits per heavy atom. The highest BCUT2D eigenvalue weighted by Gasteiger charge is 2.29. The van der Waals surface area contributed by atoms with Gasteiger partial charge in [-0.25, -0.2) is 0 Å². The van der Waals surface area contributed by atoms with Crippen LogP contribution in [0.15, 0.2) is 12.7 Å². The fourth-order valence-corrected chi connectivity index (χ4v) is 3.38. The second-order valence-corrected chi connectivity index (χ2v) is 7.46. The molecule has 0 bridgehead atoms. The molecule has 3 unspecified atom stereocenters. The summed E-state index contributed by atoms with van der Waals surface area (Å²) in [6, 6.07) is 0. The van der Waals surface area contributed by atoms with E-state index in [9.17, 15) is 0 Å². The van der Waals surface area contributed by atoms with E-state index in [0.29, 0.717) is 0 Å². The maximum Gasteiger partial charge on any atom is 0.00966 e. The molecule has 0 aromatic heterocycles. The minimum atomic E-state index is 0.257. The van der Waals surface area contributed by atoms with Crippen LogP contribution in [-0.2, 0) is 0 Å². The van der Waals surface area contributed by atoms with E-state index in [1.165, 1.54) is 51.5 Å². The van der Waals surface area contributed by atoms with Crippen LogP contribution in [0.4, 0.5) is 0 Å². The summed E-state index contributed by atoms with van der Waals surface area (Å²) >= 11 is 0. The number of unbranched alkanes of at least 4 members (excludes halogenated alkanes) is 1. The van der Waals surface area contributed by atoms with E-state index in [1.54, 1.807) is 0 Å². The van der Waals surface area contributed by atoms with E-state index in [0.717, 1.165) is 17.8 Å². The zero-order valence-electron chi connectivity index (χ0n) is 13.7. The molecule has 1 fully saturated rings. The first-order chi connectivity index (χ1) is 8.96. The van der Waals surface area contributed by atoms with Gasteiger partial charge in [-0.2, -0.15) is 0 Å². The smallest absolute Gasteiger partial charge is 0.00966 e. The molecule has 112 valence electrons. The van der Waals surface area contributed by atoms with Crippen LogP contribution >= 0.6 is 0 Å². The van der Waals surface area contributed by atoms with Gasteiger partial charge < -0.3 is 5.32 Å². The molecule has 1 nitrogen and oxygen atoms in total. The van der Waals surface area contributed by atoms with Gasteiger partial charge >= 0.3 is 0 Å². The third-order valence-corrected chi connectivity index (χ3v) is 4.70. The molecule has 3 atom stereocenters. The van der Waals surface area contributed by atoms with Crippen LogP contribution in [-0.4, -0.2) is 12.1 Å². The van der Waals surface area contributed by atoms with Gasteiger partial charge in [0.05, 0.1) is 0 Å². The van der Waals surface area contributed by atoms with E-state index < -0.39 is 0 Å². The van der Waals surface area contributed by atoms with E-state index in [2.05, 4.69) is 45.7 Å². The summed E-state index contributed by atoms with van der Waals surface area (Å²) in [7, 11) is 0. The monoisotopic (exact) mass is 265 g/mol. The summed E-state index contributed by atoms with van der Waals surface area (Å²) in [4.78, 5) is 0. The van der Waals surface area contributed by atoms with Gasteiger partial charge in [0.2, 0.25) is 0 Å².